The standard InChI is InChI=1S/C14H20N2O4S/c1-10-14(19,4-6-20-10)9-16-12(17)2-5-15-13(18)11-3-7-21-8-11/h3,7-8,10,19H,2,4-6,9H2,1H3,(H,15,18)(H,16,17). The molecule has 0 aliphatic carbocycles. The molecule has 1 aromatic heterocycles. The molecule has 1 aliphatic heterocycles. The quantitative estimate of drug-likeness (QED) is 0.715. The second-order valence-electron chi connectivity index (χ2n) is 5.16. The van der Waals surface area contributed by atoms with Gasteiger partial charge in [0.05, 0.1) is 6.10 Å². The van der Waals surface area contributed by atoms with Crippen LogP contribution < -0.4 is 10.6 Å². The SMILES string of the molecule is CC1OCCC1(O)CNC(=O)CCNC(=O)c1ccsc1. The maximum Gasteiger partial charge on any atom is 0.252 e. The first kappa shape index (κ1) is 15.9. The number of thiophene rings is 1. The molecule has 0 radical (unpaired) electrons. The van der Waals surface area contributed by atoms with Crippen molar-refractivity contribution in [2.75, 3.05) is 19.7 Å². The van der Waals surface area contributed by atoms with E-state index in [1.807, 2.05) is 5.38 Å². The molecule has 7 heteroatoms. The number of nitrogens with one attached hydrogen (secondary N) is 2. The molecule has 2 unspecified atom stereocenters. The Morgan fingerprint density at radius 1 is 1.52 bits per heavy atom. The molecule has 1 aliphatic rings. The van der Waals surface area contributed by atoms with Gasteiger partial charge in [0.25, 0.3) is 5.91 Å². The molecule has 6 nitrogen and oxygen atoms in total. The topological polar surface area (TPSA) is 87.7 Å². The molecule has 0 spiro atoms. The lowest BCUT2D eigenvalue weighted by atomic mass is 9.97. The van der Waals surface area contributed by atoms with Crippen molar-refractivity contribution in [3.05, 3.63) is 22.4 Å². The number of carbonyl (C=O) groups is 2. The van der Waals surface area contributed by atoms with Crippen LogP contribution in [0.5, 0.6) is 0 Å². The summed E-state index contributed by atoms with van der Waals surface area (Å²) in [7, 11) is 0. The molecule has 0 saturated carbocycles. The van der Waals surface area contributed by atoms with Crippen LogP contribution in [0, 0.1) is 0 Å². The highest BCUT2D eigenvalue weighted by Crippen LogP contribution is 2.24. The monoisotopic (exact) mass is 312 g/mol. The van der Waals surface area contributed by atoms with Crippen LogP contribution in [-0.2, 0) is 9.53 Å². The summed E-state index contributed by atoms with van der Waals surface area (Å²) in [4.78, 5) is 23.4. The molecule has 3 N–H and O–H groups in total. The predicted octanol–water partition coefficient (Wildman–Crippen LogP) is 0.524. The summed E-state index contributed by atoms with van der Waals surface area (Å²) in [6, 6.07) is 1.73. The van der Waals surface area contributed by atoms with Crippen molar-refractivity contribution in [2.24, 2.45) is 0 Å². The van der Waals surface area contributed by atoms with Crippen molar-refractivity contribution in [1.82, 2.24) is 10.6 Å². The van der Waals surface area contributed by atoms with Crippen LogP contribution in [0.3, 0.4) is 0 Å². The smallest absolute Gasteiger partial charge is 0.252 e. The van der Waals surface area contributed by atoms with Crippen LogP contribution >= 0.6 is 11.3 Å². The van der Waals surface area contributed by atoms with E-state index < -0.39 is 5.60 Å². The minimum absolute atomic E-state index is 0.172. The molecule has 0 aromatic carbocycles. The third-order valence-corrected chi connectivity index (χ3v) is 4.36. The number of amides is 2. The molecular weight excluding hydrogens is 292 g/mol. The van der Waals surface area contributed by atoms with Gasteiger partial charge in [-0.25, -0.2) is 0 Å². The first-order chi connectivity index (χ1) is 10.0. The Kier molecular flexibility index (Phi) is 5.33. The van der Waals surface area contributed by atoms with Crippen LogP contribution in [0.4, 0.5) is 0 Å². The zero-order chi connectivity index (χ0) is 15.3. The summed E-state index contributed by atoms with van der Waals surface area (Å²) in [5.41, 5.74) is -0.387. The highest BCUT2D eigenvalue weighted by Gasteiger charge is 2.39. The van der Waals surface area contributed by atoms with Crippen LogP contribution in [0.1, 0.15) is 30.1 Å². The van der Waals surface area contributed by atoms with Gasteiger partial charge < -0.3 is 20.5 Å². The fourth-order valence-corrected chi connectivity index (χ4v) is 2.76. The van der Waals surface area contributed by atoms with Gasteiger partial charge in [-0.2, -0.15) is 11.3 Å². The van der Waals surface area contributed by atoms with Gasteiger partial charge in [0.2, 0.25) is 5.91 Å². The summed E-state index contributed by atoms with van der Waals surface area (Å²) in [6.07, 6.45) is 0.418. The third kappa shape index (κ3) is 4.26. The lowest BCUT2D eigenvalue weighted by Crippen LogP contribution is -2.47. The van der Waals surface area contributed by atoms with Crippen molar-refractivity contribution >= 4 is 23.2 Å². The van der Waals surface area contributed by atoms with Gasteiger partial charge in [-0.1, -0.05) is 0 Å². The van der Waals surface area contributed by atoms with E-state index in [0.717, 1.165) is 0 Å². The molecule has 1 saturated heterocycles. The third-order valence-electron chi connectivity index (χ3n) is 3.67. The van der Waals surface area contributed by atoms with E-state index in [1.54, 1.807) is 18.4 Å². The molecule has 2 amide bonds. The highest BCUT2D eigenvalue weighted by molar-refractivity contribution is 7.08. The normalized spacial score (nSPS) is 24.8. The second kappa shape index (κ2) is 7.02. The van der Waals surface area contributed by atoms with E-state index in [-0.39, 0.29) is 37.4 Å². The van der Waals surface area contributed by atoms with Crippen LogP contribution in [0.15, 0.2) is 16.8 Å². The van der Waals surface area contributed by atoms with E-state index in [0.29, 0.717) is 18.6 Å². The van der Waals surface area contributed by atoms with Crippen LogP contribution in [-0.4, -0.2) is 48.3 Å². The van der Waals surface area contributed by atoms with E-state index in [2.05, 4.69) is 10.6 Å². The minimum atomic E-state index is -0.990. The Morgan fingerprint density at radius 2 is 2.33 bits per heavy atom. The fraction of sp³-hybridized carbons (Fsp3) is 0.571. The first-order valence-corrected chi connectivity index (χ1v) is 7.86. The van der Waals surface area contributed by atoms with Crippen molar-refractivity contribution < 1.29 is 19.4 Å². The van der Waals surface area contributed by atoms with E-state index >= 15 is 0 Å². The zero-order valence-corrected chi connectivity index (χ0v) is 12.7. The molecule has 0 bridgehead atoms. The number of carbonyl (C=O) groups excluding carboxylic acids is 2. The Morgan fingerprint density at radius 3 is 2.95 bits per heavy atom. The summed E-state index contributed by atoms with van der Waals surface area (Å²) in [5, 5.41) is 19.2. The van der Waals surface area contributed by atoms with Gasteiger partial charge in [-0.3, -0.25) is 9.59 Å². The average molecular weight is 312 g/mol. The molecule has 116 valence electrons. The maximum atomic E-state index is 11.7. The molecule has 2 atom stereocenters. The Balaban J connectivity index is 1.65. The number of aliphatic hydroxyl groups is 1. The van der Waals surface area contributed by atoms with Gasteiger partial charge in [0.1, 0.15) is 5.60 Å². The molecule has 21 heavy (non-hydrogen) atoms. The first-order valence-electron chi connectivity index (χ1n) is 6.92. The molecule has 2 rings (SSSR count). The van der Waals surface area contributed by atoms with E-state index in [4.69, 9.17) is 4.74 Å². The van der Waals surface area contributed by atoms with Gasteiger partial charge >= 0.3 is 0 Å². The minimum Gasteiger partial charge on any atom is -0.385 e. The average Bonchev–Trinajstić information content (AvgIpc) is 3.08. The second-order valence-corrected chi connectivity index (χ2v) is 5.94. The lowest BCUT2D eigenvalue weighted by Gasteiger charge is -2.26. The lowest BCUT2D eigenvalue weighted by molar-refractivity contribution is -0.122. The van der Waals surface area contributed by atoms with Crippen LogP contribution in [0.2, 0.25) is 0 Å². The van der Waals surface area contributed by atoms with Crippen molar-refractivity contribution in [2.45, 2.75) is 31.5 Å². The molecule has 2 heterocycles. The summed E-state index contributed by atoms with van der Waals surface area (Å²) < 4.78 is 5.30. The van der Waals surface area contributed by atoms with E-state index in [9.17, 15) is 14.7 Å². The Bertz CT molecular complexity index is 491. The Labute approximate surface area is 127 Å². The highest BCUT2D eigenvalue weighted by atomic mass is 32.1. The number of ether oxygens (including phenoxy) is 1. The molecular formula is C14H20N2O4S. The number of hydrogen-bond acceptors (Lipinski definition) is 5. The van der Waals surface area contributed by atoms with Crippen molar-refractivity contribution in [3.63, 3.8) is 0 Å². The fourth-order valence-electron chi connectivity index (χ4n) is 2.13. The predicted molar refractivity (Wildman–Crippen MR) is 79.3 cm³/mol. The van der Waals surface area contributed by atoms with Gasteiger partial charge in [-0.15, -0.1) is 0 Å². The number of hydrogen-bond donors (Lipinski definition) is 3. The summed E-state index contributed by atoms with van der Waals surface area (Å²) in [6.45, 7) is 2.74. The molecule has 1 fully saturated rings. The largest absolute Gasteiger partial charge is 0.385 e. The van der Waals surface area contributed by atoms with Crippen molar-refractivity contribution in [3.8, 4) is 0 Å². The summed E-state index contributed by atoms with van der Waals surface area (Å²) >= 11 is 1.45. The van der Waals surface area contributed by atoms with E-state index in [1.165, 1.54) is 11.3 Å². The van der Waals surface area contributed by atoms with Gasteiger partial charge in [0, 0.05) is 43.5 Å². The van der Waals surface area contributed by atoms with Crippen LogP contribution in [0.25, 0.3) is 0 Å². The zero-order valence-electron chi connectivity index (χ0n) is 11.9. The van der Waals surface area contributed by atoms with Gasteiger partial charge in [-0.05, 0) is 18.4 Å². The molecule has 1 aromatic rings. The Hall–Kier alpha value is -1.44. The van der Waals surface area contributed by atoms with Crippen molar-refractivity contribution in [1.29, 1.82) is 0 Å². The number of rotatable bonds is 6. The summed E-state index contributed by atoms with van der Waals surface area (Å²) in [5.74, 6) is -0.381. The van der Waals surface area contributed by atoms with Gasteiger partial charge in [0.15, 0.2) is 0 Å². The maximum absolute atomic E-state index is 11.7.